The molecule has 0 spiro atoms. The monoisotopic (exact) mass is 668 g/mol. The van der Waals surface area contributed by atoms with E-state index in [1.54, 1.807) is 43.1 Å². The van der Waals surface area contributed by atoms with Gasteiger partial charge in [-0.2, -0.15) is 0 Å². The number of methoxy groups -OCH3 is 1. The van der Waals surface area contributed by atoms with E-state index in [9.17, 15) is 19.5 Å². The Morgan fingerprint density at radius 2 is 1.60 bits per heavy atom. The Balaban J connectivity index is 1.13. The summed E-state index contributed by atoms with van der Waals surface area (Å²) in [6.07, 6.45) is -1.47. The number of nitrogens with zero attached hydrogens (tertiary/aromatic N) is 1. The number of thioether (sulfide) groups is 1. The number of alkyl carbamates (subject to hydrolysis) is 1. The number of amides is 3. The molecule has 2 fully saturated rings. The molecule has 0 radical (unpaired) electrons. The number of rotatable bonds is 11. The lowest BCUT2D eigenvalue weighted by Crippen LogP contribution is -2.42. The van der Waals surface area contributed by atoms with Crippen LogP contribution in [0.25, 0.3) is 0 Å². The molecule has 2 saturated heterocycles. The highest BCUT2D eigenvalue weighted by Crippen LogP contribution is 2.41. The Hall–Kier alpha value is -4.68. The molecule has 4 atom stereocenters. The van der Waals surface area contributed by atoms with Crippen LogP contribution in [0.15, 0.2) is 108 Å². The number of nitrogens with one attached hydrogen (secondary N) is 1. The highest BCUT2D eigenvalue weighted by molar-refractivity contribution is 7.99. The fourth-order valence-corrected chi connectivity index (χ4v) is 6.70. The Bertz CT molecular complexity index is 1720. The second-order valence-electron chi connectivity index (χ2n) is 11.4. The molecular formula is C37H36N2O8S. The van der Waals surface area contributed by atoms with Gasteiger partial charge >= 0.3 is 6.09 Å². The molecule has 2 N–H and O–H groups in total. The molecule has 0 saturated carbocycles. The molecule has 3 amide bonds. The van der Waals surface area contributed by atoms with Crippen LogP contribution in [0.5, 0.6) is 5.75 Å². The van der Waals surface area contributed by atoms with Gasteiger partial charge in [0.25, 0.3) is 5.91 Å². The lowest BCUT2D eigenvalue weighted by Gasteiger charge is -2.36. The summed E-state index contributed by atoms with van der Waals surface area (Å²) in [6.45, 7) is 0.00603. The average Bonchev–Trinajstić information content (AvgIpc) is 3.41. The maximum Gasteiger partial charge on any atom is 0.408 e. The van der Waals surface area contributed by atoms with Crippen LogP contribution in [0.2, 0.25) is 0 Å². The van der Waals surface area contributed by atoms with E-state index in [1.807, 2.05) is 78.9 Å². The van der Waals surface area contributed by atoms with Gasteiger partial charge in [0.1, 0.15) is 18.4 Å². The van der Waals surface area contributed by atoms with E-state index in [-0.39, 0.29) is 31.8 Å². The number of carbonyl (C=O) groups excluding carboxylic acids is 3. The molecule has 0 aliphatic carbocycles. The number of anilines is 1. The Morgan fingerprint density at radius 3 is 2.33 bits per heavy atom. The van der Waals surface area contributed by atoms with Crippen LogP contribution in [0.4, 0.5) is 10.5 Å². The second-order valence-corrected chi connectivity index (χ2v) is 12.5. The molecule has 11 heteroatoms. The molecule has 10 nitrogen and oxygen atoms in total. The number of aliphatic hydroxyl groups is 1. The molecule has 6 rings (SSSR count). The number of benzene rings is 4. The van der Waals surface area contributed by atoms with E-state index in [2.05, 4.69) is 5.32 Å². The number of aliphatic hydroxyl groups excluding tert-OH is 1. The van der Waals surface area contributed by atoms with Crippen molar-refractivity contribution in [2.24, 2.45) is 0 Å². The third kappa shape index (κ3) is 7.88. The minimum absolute atomic E-state index is 0.0424. The van der Waals surface area contributed by atoms with E-state index in [0.29, 0.717) is 17.9 Å². The van der Waals surface area contributed by atoms with Crippen molar-refractivity contribution >= 4 is 35.4 Å². The summed E-state index contributed by atoms with van der Waals surface area (Å²) in [5.74, 6) is 0.494. The van der Waals surface area contributed by atoms with E-state index in [0.717, 1.165) is 37.8 Å². The van der Waals surface area contributed by atoms with Gasteiger partial charge in [-0.25, -0.2) is 9.69 Å². The summed E-state index contributed by atoms with van der Waals surface area (Å²) < 4.78 is 23.7. The molecule has 4 unspecified atom stereocenters. The Kier molecular flexibility index (Phi) is 10.7. The first-order valence-corrected chi connectivity index (χ1v) is 16.6. The van der Waals surface area contributed by atoms with Gasteiger partial charge in [-0.15, -0.1) is 11.8 Å². The molecule has 2 aliphatic heterocycles. The minimum Gasteiger partial charge on any atom is -0.496 e. The van der Waals surface area contributed by atoms with Crippen molar-refractivity contribution in [2.75, 3.05) is 17.8 Å². The van der Waals surface area contributed by atoms with Crippen LogP contribution >= 0.6 is 11.8 Å². The van der Waals surface area contributed by atoms with E-state index in [4.69, 9.17) is 18.9 Å². The van der Waals surface area contributed by atoms with Gasteiger partial charge in [0.05, 0.1) is 38.0 Å². The van der Waals surface area contributed by atoms with Gasteiger partial charge in [0.15, 0.2) is 6.29 Å². The zero-order valence-electron chi connectivity index (χ0n) is 26.3. The molecule has 4 aromatic rings. The number of imide groups is 1. The van der Waals surface area contributed by atoms with E-state index in [1.165, 1.54) is 0 Å². The van der Waals surface area contributed by atoms with Crippen LogP contribution in [0.1, 0.15) is 47.5 Å². The summed E-state index contributed by atoms with van der Waals surface area (Å²) in [5.41, 5.74) is 3.70. The van der Waals surface area contributed by atoms with Crippen LogP contribution in [-0.4, -0.2) is 48.0 Å². The second kappa shape index (κ2) is 15.5. The quantitative estimate of drug-likeness (QED) is 0.145. The largest absolute Gasteiger partial charge is 0.496 e. The summed E-state index contributed by atoms with van der Waals surface area (Å²) in [5, 5.41) is 12.0. The predicted octanol–water partition coefficient (Wildman–Crippen LogP) is 6.08. The van der Waals surface area contributed by atoms with Gasteiger partial charge in [0.2, 0.25) is 5.91 Å². The molecule has 0 aromatic heterocycles. The first kappa shape index (κ1) is 33.2. The Morgan fingerprint density at radius 1 is 0.896 bits per heavy atom. The van der Waals surface area contributed by atoms with Gasteiger partial charge in [-0.3, -0.25) is 9.59 Å². The van der Waals surface area contributed by atoms with Gasteiger partial charge in [-0.05, 0) is 41.0 Å². The molecule has 48 heavy (non-hydrogen) atoms. The topological polar surface area (TPSA) is 124 Å². The molecular weight excluding hydrogens is 632 g/mol. The van der Waals surface area contributed by atoms with Crippen molar-refractivity contribution in [3.05, 3.63) is 125 Å². The van der Waals surface area contributed by atoms with Crippen LogP contribution in [-0.2, 0) is 37.0 Å². The summed E-state index contributed by atoms with van der Waals surface area (Å²) in [7, 11) is 1.65. The van der Waals surface area contributed by atoms with Gasteiger partial charge < -0.3 is 29.4 Å². The third-order valence-electron chi connectivity index (χ3n) is 8.18. The zero-order chi connectivity index (χ0) is 33.5. The minimum atomic E-state index is -1.02. The summed E-state index contributed by atoms with van der Waals surface area (Å²) >= 11 is 1.65. The molecule has 2 aliphatic rings. The fraction of sp³-hybridized carbons (Fsp3) is 0.270. The lowest BCUT2D eigenvalue weighted by molar-refractivity contribution is -0.245. The molecule has 2 heterocycles. The van der Waals surface area contributed by atoms with Crippen molar-refractivity contribution < 1.29 is 38.4 Å². The van der Waals surface area contributed by atoms with Crippen molar-refractivity contribution in [1.29, 1.82) is 0 Å². The maximum absolute atomic E-state index is 13.2. The molecule has 4 aromatic carbocycles. The zero-order valence-corrected chi connectivity index (χ0v) is 27.1. The third-order valence-corrected chi connectivity index (χ3v) is 9.37. The van der Waals surface area contributed by atoms with Gasteiger partial charge in [-0.1, -0.05) is 78.9 Å². The lowest BCUT2D eigenvalue weighted by atomic mass is 10.0. The molecule has 0 bridgehead atoms. The highest BCUT2D eigenvalue weighted by Gasteiger charge is 2.41. The standard InChI is InChI=1S/C37H36N2O8S/c1-44-31-9-5-6-10-33(31)48-23-29-19-32(26-13-11-24(21-40)12-14-26)47-36(46-29)27-15-17-28(18-16-27)39-34(41)20-30(35(39)42)38-37(43)45-22-25-7-3-2-4-8-25/h2-18,29-30,32,36,40H,19-23H2,1H3,(H,38,43). The van der Waals surface area contributed by atoms with Crippen LogP contribution < -0.4 is 15.0 Å². The fourth-order valence-electron chi connectivity index (χ4n) is 5.65. The Labute approximate surface area is 283 Å². The SMILES string of the molecule is COc1ccccc1SCC1CC(c2ccc(CO)cc2)OC(c2ccc(N3C(=O)CC(NC(=O)OCc4ccccc4)C3=O)cc2)O1. The van der Waals surface area contributed by atoms with Crippen molar-refractivity contribution in [2.45, 2.75) is 55.5 Å². The van der Waals surface area contributed by atoms with Crippen molar-refractivity contribution in [3.63, 3.8) is 0 Å². The number of ether oxygens (including phenoxy) is 4. The highest BCUT2D eigenvalue weighted by atomic mass is 32.2. The van der Waals surface area contributed by atoms with Gasteiger partial charge in [0, 0.05) is 22.6 Å². The van der Waals surface area contributed by atoms with Crippen LogP contribution in [0, 0.1) is 0 Å². The number of para-hydroxylation sites is 1. The van der Waals surface area contributed by atoms with E-state index >= 15 is 0 Å². The first-order chi connectivity index (χ1) is 23.4. The maximum atomic E-state index is 13.2. The molecule has 248 valence electrons. The number of hydrogen-bond donors (Lipinski definition) is 2. The number of hydrogen-bond acceptors (Lipinski definition) is 9. The number of carbonyl (C=O) groups is 3. The average molecular weight is 669 g/mol. The smallest absolute Gasteiger partial charge is 0.408 e. The van der Waals surface area contributed by atoms with Crippen LogP contribution in [0.3, 0.4) is 0 Å². The normalized spacial score (nSPS) is 20.8. The summed E-state index contributed by atoms with van der Waals surface area (Å²) in [4.78, 5) is 40.6. The van der Waals surface area contributed by atoms with E-state index < -0.39 is 30.2 Å². The van der Waals surface area contributed by atoms with Crippen molar-refractivity contribution in [1.82, 2.24) is 5.32 Å². The summed E-state index contributed by atoms with van der Waals surface area (Å²) in [6, 6.07) is 30.6. The predicted molar refractivity (Wildman–Crippen MR) is 179 cm³/mol. The first-order valence-electron chi connectivity index (χ1n) is 15.6. The van der Waals surface area contributed by atoms with Crippen molar-refractivity contribution in [3.8, 4) is 5.75 Å².